The van der Waals surface area contributed by atoms with Crippen molar-refractivity contribution in [3.05, 3.63) is 64.1 Å². The average molecular weight is 594 g/mol. The van der Waals surface area contributed by atoms with E-state index >= 15 is 0 Å². The fourth-order valence-electron chi connectivity index (χ4n) is 9.44. The fraction of sp³-hybridized carbons (Fsp3) is 0.676. The molecule has 3 saturated carbocycles. The van der Waals surface area contributed by atoms with E-state index in [4.69, 9.17) is 24.8 Å². The van der Waals surface area contributed by atoms with E-state index in [0.29, 0.717) is 57.5 Å². The molecule has 43 heavy (non-hydrogen) atoms. The Labute approximate surface area is 255 Å². The normalized spacial score (nSPS) is 36.4. The van der Waals surface area contributed by atoms with Crippen molar-refractivity contribution in [2.24, 2.45) is 22.2 Å². The van der Waals surface area contributed by atoms with E-state index in [1.54, 1.807) is 7.05 Å². The largest absolute Gasteiger partial charge is 0.377 e. The minimum Gasteiger partial charge on any atom is -0.377 e. The minimum atomic E-state index is -0.890. The second-order valence-electron chi connectivity index (χ2n) is 13.6. The first-order valence-corrected chi connectivity index (χ1v) is 16.0. The molecule has 1 heterocycles. The van der Waals surface area contributed by atoms with Crippen molar-refractivity contribution < 1.29 is 23.8 Å². The Morgan fingerprint density at radius 1 is 1.19 bits per heavy atom. The molecule has 4 aliphatic carbocycles. The third-order valence-electron chi connectivity index (χ3n) is 11.5. The number of carbonyl (C=O) groups excluding carboxylic acids is 1. The lowest BCUT2D eigenvalue weighted by atomic mass is 9.44. The highest BCUT2D eigenvalue weighted by Crippen LogP contribution is 2.66. The van der Waals surface area contributed by atoms with Crippen LogP contribution >= 0.6 is 0 Å². The lowest BCUT2D eigenvalue weighted by molar-refractivity contribution is -0.185. The highest BCUT2D eigenvalue weighted by molar-refractivity contribution is 5.93. The maximum atomic E-state index is 12.9. The summed E-state index contributed by atoms with van der Waals surface area (Å²) in [6.07, 6.45) is 9.85. The third kappa shape index (κ3) is 4.92. The molecular weight excluding hydrogens is 546 g/mol. The van der Waals surface area contributed by atoms with E-state index < -0.39 is 16.9 Å². The zero-order valence-electron chi connectivity index (χ0n) is 25.9. The maximum absolute atomic E-state index is 12.9. The van der Waals surface area contributed by atoms with E-state index in [0.717, 1.165) is 43.2 Å². The summed E-state index contributed by atoms with van der Waals surface area (Å²) in [7, 11) is 3.08. The lowest BCUT2D eigenvalue weighted by Gasteiger charge is -2.64. The summed E-state index contributed by atoms with van der Waals surface area (Å²) < 4.78 is 18.8. The number of hydrogen-bond donors (Lipinski definition) is 1. The molecule has 6 rings (SSSR count). The Morgan fingerprint density at radius 2 is 1.93 bits per heavy atom. The van der Waals surface area contributed by atoms with Crippen molar-refractivity contribution >= 4 is 5.91 Å². The predicted octanol–water partition coefficient (Wildman–Crippen LogP) is 5.80. The summed E-state index contributed by atoms with van der Waals surface area (Å²) in [5.74, 6) is -0.763. The van der Waals surface area contributed by atoms with Gasteiger partial charge in [0.25, 0.3) is 5.91 Å². The van der Waals surface area contributed by atoms with Gasteiger partial charge in [-0.25, -0.2) is 5.06 Å². The Morgan fingerprint density at radius 3 is 2.60 bits per heavy atom. The number of carbonyl (C=O) groups is 1. The topological polar surface area (TPSA) is 113 Å². The molecule has 0 radical (unpaired) electrons. The first-order valence-electron chi connectivity index (χ1n) is 16.0. The monoisotopic (exact) mass is 593 g/mol. The van der Waals surface area contributed by atoms with Crippen LogP contribution in [0.5, 0.6) is 0 Å². The molecule has 1 amide bonds. The SMILES string of the molecule is C=CCCOC1CCCC2C3(N)CCC4(N=O)CC5(CCC4=C3C(c3ccc(C(=O)N(C)OC)cc3)CC12C)OCCO5. The van der Waals surface area contributed by atoms with Crippen LogP contribution < -0.4 is 5.73 Å². The van der Waals surface area contributed by atoms with E-state index in [2.05, 4.69) is 18.7 Å². The van der Waals surface area contributed by atoms with Gasteiger partial charge >= 0.3 is 0 Å². The molecule has 6 atom stereocenters. The molecule has 6 unspecified atom stereocenters. The fourth-order valence-corrected chi connectivity index (χ4v) is 9.44. The van der Waals surface area contributed by atoms with Crippen LogP contribution in [-0.2, 0) is 19.0 Å². The number of fused-ring (bicyclic) bond motifs is 4. The third-order valence-corrected chi connectivity index (χ3v) is 11.5. The molecule has 1 aliphatic heterocycles. The van der Waals surface area contributed by atoms with Gasteiger partial charge in [0.05, 0.1) is 33.0 Å². The molecule has 2 N–H and O–H groups in total. The van der Waals surface area contributed by atoms with E-state index in [-0.39, 0.29) is 29.3 Å². The number of hydroxylamine groups is 2. The number of amides is 1. The standard InChI is InChI=1S/C34H47N3O6/c1-5-6-18-41-28-9-7-8-27-31(28,2)21-25(23-10-12-24(13-11-23)30(38)37(3)40-4)29-26-14-15-33(42-19-20-43-33)22-32(26,36-39)16-17-34(27,29)35/h5,10-13,25,27-28H,1,6-9,14-22,35H2,2-4H3. The van der Waals surface area contributed by atoms with Gasteiger partial charge in [-0.1, -0.05) is 36.7 Å². The van der Waals surface area contributed by atoms with Gasteiger partial charge in [0, 0.05) is 36.9 Å². The van der Waals surface area contributed by atoms with E-state index in [9.17, 15) is 9.70 Å². The number of nitroso groups, excluding NO2 is 1. The summed E-state index contributed by atoms with van der Waals surface area (Å²) in [5.41, 5.74) is 10.0. The Hall–Kier alpha value is -2.43. The maximum Gasteiger partial charge on any atom is 0.277 e. The van der Waals surface area contributed by atoms with Gasteiger partial charge in [-0.15, -0.1) is 11.5 Å². The van der Waals surface area contributed by atoms with Gasteiger partial charge in [-0.05, 0) is 85.1 Å². The number of benzene rings is 1. The molecule has 4 fully saturated rings. The van der Waals surface area contributed by atoms with Crippen molar-refractivity contribution in [1.29, 1.82) is 0 Å². The van der Waals surface area contributed by atoms with Crippen LogP contribution in [0.1, 0.15) is 93.0 Å². The van der Waals surface area contributed by atoms with Crippen molar-refractivity contribution in [3.63, 3.8) is 0 Å². The van der Waals surface area contributed by atoms with Crippen LogP contribution in [0.2, 0.25) is 0 Å². The molecule has 1 aromatic carbocycles. The molecule has 1 spiro atoms. The van der Waals surface area contributed by atoms with Crippen LogP contribution in [0, 0.1) is 16.2 Å². The zero-order chi connectivity index (χ0) is 30.5. The van der Waals surface area contributed by atoms with E-state index in [1.165, 1.54) is 17.7 Å². The summed E-state index contributed by atoms with van der Waals surface area (Å²) >= 11 is 0. The van der Waals surface area contributed by atoms with Crippen LogP contribution in [-0.4, -0.2) is 67.9 Å². The summed E-state index contributed by atoms with van der Waals surface area (Å²) in [4.78, 5) is 30.9. The Kier molecular flexibility index (Phi) is 8.18. The Bertz CT molecular complexity index is 1280. The lowest BCUT2D eigenvalue weighted by Crippen LogP contribution is -2.67. The zero-order valence-corrected chi connectivity index (χ0v) is 25.9. The van der Waals surface area contributed by atoms with Gasteiger partial charge in [0.2, 0.25) is 0 Å². The first-order chi connectivity index (χ1) is 20.7. The second-order valence-corrected chi connectivity index (χ2v) is 13.6. The molecule has 1 saturated heterocycles. The predicted molar refractivity (Wildman–Crippen MR) is 163 cm³/mol. The smallest absolute Gasteiger partial charge is 0.277 e. The number of rotatable bonds is 8. The van der Waals surface area contributed by atoms with E-state index in [1.807, 2.05) is 30.3 Å². The summed E-state index contributed by atoms with van der Waals surface area (Å²) in [5, 5.41) is 5.12. The molecular formula is C34H47N3O6. The average Bonchev–Trinajstić information content (AvgIpc) is 3.47. The molecule has 5 aliphatic rings. The highest BCUT2D eigenvalue weighted by Gasteiger charge is 2.65. The van der Waals surface area contributed by atoms with Gasteiger partial charge in [0.15, 0.2) is 5.79 Å². The van der Waals surface area contributed by atoms with Crippen LogP contribution in [0.3, 0.4) is 0 Å². The Balaban J connectivity index is 1.47. The van der Waals surface area contributed by atoms with Crippen LogP contribution in [0.25, 0.3) is 0 Å². The molecule has 1 aromatic rings. The van der Waals surface area contributed by atoms with Crippen molar-refractivity contribution in [1.82, 2.24) is 5.06 Å². The van der Waals surface area contributed by atoms with Crippen molar-refractivity contribution in [3.8, 4) is 0 Å². The van der Waals surface area contributed by atoms with Crippen LogP contribution in [0.4, 0.5) is 0 Å². The van der Waals surface area contributed by atoms with Gasteiger partial charge in [0.1, 0.15) is 5.54 Å². The summed E-state index contributed by atoms with van der Waals surface area (Å²) in [6.45, 7) is 7.99. The second kappa shape index (κ2) is 11.5. The summed E-state index contributed by atoms with van der Waals surface area (Å²) in [6, 6.07) is 7.84. The molecule has 234 valence electrons. The number of ether oxygens (including phenoxy) is 3. The van der Waals surface area contributed by atoms with Gasteiger partial charge < -0.3 is 19.9 Å². The molecule has 0 bridgehead atoms. The number of nitrogens with zero attached hydrogens (tertiary/aromatic N) is 2. The molecule has 0 aromatic heterocycles. The minimum absolute atomic E-state index is 0.0324. The van der Waals surface area contributed by atoms with Crippen molar-refractivity contribution in [2.75, 3.05) is 34.0 Å². The molecule has 9 heteroatoms. The number of hydrogen-bond acceptors (Lipinski definition) is 8. The first kappa shape index (κ1) is 30.6. The molecule has 9 nitrogen and oxygen atoms in total. The van der Waals surface area contributed by atoms with Gasteiger partial charge in [-0.3, -0.25) is 9.63 Å². The van der Waals surface area contributed by atoms with Crippen molar-refractivity contribution in [2.45, 2.75) is 100 Å². The van der Waals surface area contributed by atoms with Crippen LogP contribution in [0.15, 0.2) is 53.2 Å². The highest BCUT2D eigenvalue weighted by atomic mass is 16.7. The quantitative estimate of drug-likeness (QED) is 0.176. The van der Waals surface area contributed by atoms with Gasteiger partial charge in [-0.2, -0.15) is 0 Å². The number of nitrogens with two attached hydrogens (primary N) is 1.